The van der Waals surface area contributed by atoms with E-state index in [0.29, 0.717) is 0 Å². The Hall–Kier alpha value is -1.06. The first-order valence-electron chi connectivity index (χ1n) is 6.33. The van der Waals surface area contributed by atoms with Gasteiger partial charge in [0.15, 0.2) is 0 Å². The third-order valence-electron chi connectivity index (χ3n) is 3.61. The molecule has 0 saturated carbocycles. The molecular weight excluding hydrogens is 248 g/mol. The molecule has 98 valence electrons. The first-order chi connectivity index (χ1) is 8.56. The molecule has 0 spiro atoms. The van der Waals surface area contributed by atoms with Gasteiger partial charge in [-0.1, -0.05) is 17.7 Å². The third kappa shape index (κ3) is 3.24. The zero-order chi connectivity index (χ0) is 13.1. The molecule has 1 amide bonds. The highest BCUT2D eigenvalue weighted by atomic mass is 35.5. The molecule has 4 heteroatoms. The standard InChI is InChI=1S/C14H19ClN2O/c1-10-7-13(15)5-4-11(10)8-17-6-2-3-12(9-17)14(16)18/h4-5,7,12H,2-3,6,8-9H2,1H3,(H2,16,18). The van der Waals surface area contributed by atoms with Crippen molar-refractivity contribution >= 4 is 17.5 Å². The van der Waals surface area contributed by atoms with Crippen LogP contribution >= 0.6 is 11.6 Å². The van der Waals surface area contributed by atoms with Gasteiger partial charge in [0, 0.05) is 18.1 Å². The number of likely N-dealkylation sites (tertiary alicyclic amines) is 1. The Bertz CT molecular complexity index is 447. The van der Waals surface area contributed by atoms with E-state index in [4.69, 9.17) is 17.3 Å². The summed E-state index contributed by atoms with van der Waals surface area (Å²) in [6, 6.07) is 5.96. The van der Waals surface area contributed by atoms with Gasteiger partial charge < -0.3 is 5.73 Å². The minimum Gasteiger partial charge on any atom is -0.369 e. The Labute approximate surface area is 113 Å². The van der Waals surface area contributed by atoms with E-state index in [2.05, 4.69) is 17.9 Å². The fraction of sp³-hybridized carbons (Fsp3) is 0.500. The van der Waals surface area contributed by atoms with Crippen LogP contribution in [0.1, 0.15) is 24.0 Å². The summed E-state index contributed by atoms with van der Waals surface area (Å²) in [4.78, 5) is 13.5. The molecule has 1 atom stereocenters. The Morgan fingerprint density at radius 1 is 1.56 bits per heavy atom. The van der Waals surface area contributed by atoms with E-state index in [0.717, 1.165) is 37.5 Å². The highest BCUT2D eigenvalue weighted by Crippen LogP contribution is 2.21. The summed E-state index contributed by atoms with van der Waals surface area (Å²) in [6.07, 6.45) is 1.96. The summed E-state index contributed by atoms with van der Waals surface area (Å²) >= 11 is 5.95. The lowest BCUT2D eigenvalue weighted by atomic mass is 9.96. The van der Waals surface area contributed by atoms with Crippen molar-refractivity contribution in [3.63, 3.8) is 0 Å². The van der Waals surface area contributed by atoms with Gasteiger partial charge in [-0.25, -0.2) is 0 Å². The molecule has 1 aromatic rings. The second-order valence-electron chi connectivity index (χ2n) is 5.05. The number of hydrogen-bond acceptors (Lipinski definition) is 2. The van der Waals surface area contributed by atoms with Crippen LogP contribution in [-0.2, 0) is 11.3 Å². The van der Waals surface area contributed by atoms with Crippen LogP contribution in [0.3, 0.4) is 0 Å². The van der Waals surface area contributed by atoms with Gasteiger partial charge in [0.25, 0.3) is 0 Å². The number of hydrogen-bond donors (Lipinski definition) is 1. The number of carbonyl (C=O) groups is 1. The van der Waals surface area contributed by atoms with Gasteiger partial charge in [0.05, 0.1) is 5.92 Å². The summed E-state index contributed by atoms with van der Waals surface area (Å²) in [5.41, 5.74) is 7.86. The van der Waals surface area contributed by atoms with Gasteiger partial charge in [-0.05, 0) is 49.6 Å². The predicted molar refractivity (Wildman–Crippen MR) is 73.4 cm³/mol. The van der Waals surface area contributed by atoms with Crippen molar-refractivity contribution in [3.05, 3.63) is 34.3 Å². The smallest absolute Gasteiger partial charge is 0.221 e. The molecule has 2 N–H and O–H groups in total. The molecule has 1 aliphatic rings. The van der Waals surface area contributed by atoms with E-state index in [-0.39, 0.29) is 11.8 Å². The molecule has 18 heavy (non-hydrogen) atoms. The van der Waals surface area contributed by atoms with E-state index in [9.17, 15) is 4.79 Å². The van der Waals surface area contributed by atoms with Gasteiger partial charge in [-0.15, -0.1) is 0 Å². The molecule has 0 radical (unpaired) electrons. The molecule has 1 heterocycles. The van der Waals surface area contributed by atoms with Crippen molar-refractivity contribution in [1.29, 1.82) is 0 Å². The number of primary amides is 1. The van der Waals surface area contributed by atoms with Crippen molar-refractivity contribution in [2.45, 2.75) is 26.3 Å². The normalized spacial score (nSPS) is 20.9. The fourth-order valence-electron chi connectivity index (χ4n) is 2.51. The first-order valence-corrected chi connectivity index (χ1v) is 6.71. The minimum absolute atomic E-state index is 0.00589. The van der Waals surface area contributed by atoms with Crippen LogP contribution in [0.5, 0.6) is 0 Å². The molecule has 3 nitrogen and oxygen atoms in total. The number of aryl methyl sites for hydroxylation is 1. The lowest BCUT2D eigenvalue weighted by Crippen LogP contribution is -2.40. The van der Waals surface area contributed by atoms with Crippen molar-refractivity contribution in [2.24, 2.45) is 11.7 Å². The number of nitrogens with two attached hydrogens (primary N) is 1. The minimum atomic E-state index is -0.174. The molecule has 1 saturated heterocycles. The molecule has 1 aliphatic heterocycles. The molecular formula is C14H19ClN2O. The highest BCUT2D eigenvalue weighted by molar-refractivity contribution is 6.30. The maximum atomic E-state index is 11.2. The van der Waals surface area contributed by atoms with Crippen LogP contribution in [0, 0.1) is 12.8 Å². The number of rotatable bonds is 3. The molecule has 0 aliphatic carbocycles. The average molecular weight is 267 g/mol. The SMILES string of the molecule is Cc1cc(Cl)ccc1CN1CCCC(C(N)=O)C1. The Kier molecular flexibility index (Phi) is 4.25. The highest BCUT2D eigenvalue weighted by Gasteiger charge is 2.23. The summed E-state index contributed by atoms with van der Waals surface area (Å²) in [5.74, 6) is -0.168. The largest absolute Gasteiger partial charge is 0.369 e. The van der Waals surface area contributed by atoms with Crippen LogP contribution in [0.25, 0.3) is 0 Å². The Morgan fingerprint density at radius 3 is 3.00 bits per heavy atom. The van der Waals surface area contributed by atoms with Gasteiger partial charge in [-0.3, -0.25) is 9.69 Å². The summed E-state index contributed by atoms with van der Waals surface area (Å²) < 4.78 is 0. The van der Waals surface area contributed by atoms with Crippen molar-refractivity contribution in [3.8, 4) is 0 Å². The van der Waals surface area contributed by atoms with Crippen LogP contribution in [-0.4, -0.2) is 23.9 Å². The number of benzene rings is 1. The van der Waals surface area contributed by atoms with Crippen molar-refractivity contribution in [1.82, 2.24) is 4.90 Å². The molecule has 2 rings (SSSR count). The predicted octanol–water partition coefficient (Wildman–Crippen LogP) is 2.35. The first kappa shape index (κ1) is 13.4. The third-order valence-corrected chi connectivity index (χ3v) is 3.84. The zero-order valence-electron chi connectivity index (χ0n) is 10.7. The Balaban J connectivity index is 2.02. The maximum absolute atomic E-state index is 11.2. The van der Waals surface area contributed by atoms with E-state index in [1.54, 1.807) is 0 Å². The van der Waals surface area contributed by atoms with Crippen molar-refractivity contribution in [2.75, 3.05) is 13.1 Å². The van der Waals surface area contributed by atoms with E-state index >= 15 is 0 Å². The van der Waals surface area contributed by atoms with Gasteiger partial charge in [0.1, 0.15) is 0 Å². The summed E-state index contributed by atoms with van der Waals surface area (Å²) in [6.45, 7) is 4.74. The molecule has 0 aromatic heterocycles. The fourth-order valence-corrected chi connectivity index (χ4v) is 2.74. The second kappa shape index (κ2) is 5.72. The lowest BCUT2D eigenvalue weighted by Gasteiger charge is -2.31. The molecule has 1 aromatic carbocycles. The number of nitrogens with zero attached hydrogens (tertiary/aromatic N) is 1. The topological polar surface area (TPSA) is 46.3 Å². The van der Waals surface area contributed by atoms with E-state index < -0.39 is 0 Å². The number of amides is 1. The average Bonchev–Trinajstić information content (AvgIpc) is 2.33. The van der Waals surface area contributed by atoms with Gasteiger partial charge in [0.2, 0.25) is 5.91 Å². The maximum Gasteiger partial charge on any atom is 0.221 e. The van der Waals surface area contributed by atoms with E-state index in [1.807, 2.05) is 12.1 Å². The second-order valence-corrected chi connectivity index (χ2v) is 5.48. The van der Waals surface area contributed by atoms with Gasteiger partial charge in [-0.2, -0.15) is 0 Å². The van der Waals surface area contributed by atoms with Crippen LogP contribution in [0.15, 0.2) is 18.2 Å². The quantitative estimate of drug-likeness (QED) is 0.913. The molecule has 1 unspecified atom stereocenters. The van der Waals surface area contributed by atoms with Crippen molar-refractivity contribution < 1.29 is 4.79 Å². The molecule has 1 fully saturated rings. The van der Waals surface area contributed by atoms with Crippen LogP contribution < -0.4 is 5.73 Å². The Morgan fingerprint density at radius 2 is 2.33 bits per heavy atom. The zero-order valence-corrected chi connectivity index (χ0v) is 11.4. The number of carbonyl (C=O) groups excluding carboxylic acids is 1. The number of piperidine rings is 1. The summed E-state index contributed by atoms with van der Waals surface area (Å²) in [7, 11) is 0. The number of halogens is 1. The summed E-state index contributed by atoms with van der Waals surface area (Å²) in [5, 5.41) is 0.768. The lowest BCUT2D eigenvalue weighted by molar-refractivity contribution is -0.123. The van der Waals surface area contributed by atoms with E-state index in [1.165, 1.54) is 11.1 Å². The van der Waals surface area contributed by atoms with Crippen LogP contribution in [0.2, 0.25) is 5.02 Å². The van der Waals surface area contributed by atoms with Crippen LogP contribution in [0.4, 0.5) is 0 Å². The molecule has 0 bridgehead atoms. The van der Waals surface area contributed by atoms with Gasteiger partial charge >= 0.3 is 0 Å². The monoisotopic (exact) mass is 266 g/mol.